The molecule has 3 nitrogen and oxygen atoms in total. The first kappa shape index (κ1) is 29.9. The Hall–Kier alpha value is -6.97. The fraction of sp³-hybridized carbons (Fsp3) is 0. The van der Waals surface area contributed by atoms with Gasteiger partial charge in [0.15, 0.2) is 5.58 Å². The normalized spacial score (nSPS) is 11.5. The second-order valence-corrected chi connectivity index (χ2v) is 13.2. The van der Waals surface area contributed by atoms with Crippen molar-refractivity contribution >= 4 is 60.5 Å². The fourth-order valence-corrected chi connectivity index (χ4v) is 7.58. The van der Waals surface area contributed by atoms with E-state index in [0.717, 1.165) is 50.4 Å². The van der Waals surface area contributed by atoms with E-state index in [4.69, 9.17) is 9.40 Å². The number of aromatic nitrogens is 1. The van der Waals surface area contributed by atoms with Crippen LogP contribution < -0.4 is 4.90 Å². The molecule has 0 fully saturated rings. The average molecular weight is 665 g/mol. The van der Waals surface area contributed by atoms with Crippen molar-refractivity contribution in [3.8, 4) is 33.7 Å². The van der Waals surface area contributed by atoms with Crippen molar-refractivity contribution < 1.29 is 4.42 Å². The molecular weight excluding hydrogens is 633 g/mol. The van der Waals surface area contributed by atoms with E-state index in [2.05, 4.69) is 157 Å². The molecule has 0 aliphatic rings. The SMILES string of the molecule is c1ccc(-c2nc3c(-c4ccc(N(c5ccc6ccc7c8ccccc8ccc7c6c5)c5ccccc5-c5ccccc5)cc4)cccc3o2)cc1. The largest absolute Gasteiger partial charge is 0.436 e. The number of anilines is 3. The Morgan fingerprint density at radius 3 is 1.79 bits per heavy atom. The number of para-hydroxylation sites is 2. The van der Waals surface area contributed by atoms with Crippen molar-refractivity contribution in [3.63, 3.8) is 0 Å². The second-order valence-electron chi connectivity index (χ2n) is 13.2. The number of rotatable bonds is 6. The van der Waals surface area contributed by atoms with Crippen molar-refractivity contribution in [2.24, 2.45) is 0 Å². The van der Waals surface area contributed by atoms with Gasteiger partial charge in [-0.25, -0.2) is 4.98 Å². The van der Waals surface area contributed by atoms with Crippen LogP contribution in [0.2, 0.25) is 0 Å². The average Bonchev–Trinajstić information content (AvgIpc) is 3.67. The number of hydrogen-bond acceptors (Lipinski definition) is 3. The van der Waals surface area contributed by atoms with E-state index in [9.17, 15) is 0 Å². The van der Waals surface area contributed by atoms with Gasteiger partial charge < -0.3 is 9.32 Å². The van der Waals surface area contributed by atoms with E-state index in [-0.39, 0.29) is 0 Å². The monoisotopic (exact) mass is 664 g/mol. The van der Waals surface area contributed by atoms with Crippen molar-refractivity contribution in [2.45, 2.75) is 0 Å². The van der Waals surface area contributed by atoms with Crippen LogP contribution in [0.25, 0.3) is 77.1 Å². The molecule has 0 aliphatic heterocycles. The second kappa shape index (κ2) is 12.4. The van der Waals surface area contributed by atoms with E-state index in [1.165, 1.54) is 37.9 Å². The molecule has 3 heteroatoms. The summed E-state index contributed by atoms with van der Waals surface area (Å²) in [5, 5.41) is 7.48. The molecule has 0 spiro atoms. The van der Waals surface area contributed by atoms with Gasteiger partial charge in [-0.1, -0.05) is 146 Å². The maximum atomic E-state index is 6.22. The Morgan fingerprint density at radius 2 is 0.981 bits per heavy atom. The lowest BCUT2D eigenvalue weighted by Crippen LogP contribution is -2.11. The summed E-state index contributed by atoms with van der Waals surface area (Å²) in [4.78, 5) is 7.34. The molecule has 0 atom stereocenters. The van der Waals surface area contributed by atoms with Crippen LogP contribution >= 0.6 is 0 Å². The highest BCUT2D eigenvalue weighted by Crippen LogP contribution is 2.43. The van der Waals surface area contributed by atoms with Gasteiger partial charge in [0, 0.05) is 28.1 Å². The summed E-state index contributed by atoms with van der Waals surface area (Å²) in [6.45, 7) is 0. The Morgan fingerprint density at radius 1 is 0.385 bits per heavy atom. The van der Waals surface area contributed by atoms with Crippen molar-refractivity contribution in [3.05, 3.63) is 194 Å². The number of benzene rings is 9. The van der Waals surface area contributed by atoms with E-state index in [1.807, 2.05) is 42.5 Å². The van der Waals surface area contributed by atoms with Crippen LogP contribution in [0, 0.1) is 0 Å². The summed E-state index contributed by atoms with van der Waals surface area (Å²) >= 11 is 0. The molecule has 0 bridgehead atoms. The summed E-state index contributed by atoms with van der Waals surface area (Å²) in [6, 6.07) is 68.9. The number of hydrogen-bond donors (Lipinski definition) is 0. The van der Waals surface area contributed by atoms with E-state index in [1.54, 1.807) is 0 Å². The minimum atomic E-state index is 0.625. The van der Waals surface area contributed by atoms with Gasteiger partial charge >= 0.3 is 0 Å². The third-order valence-electron chi connectivity index (χ3n) is 10.1. The summed E-state index contributed by atoms with van der Waals surface area (Å²) < 4.78 is 6.22. The molecule has 52 heavy (non-hydrogen) atoms. The predicted octanol–water partition coefficient (Wildman–Crippen LogP) is 13.8. The van der Waals surface area contributed by atoms with Crippen LogP contribution in [-0.4, -0.2) is 4.98 Å². The molecule has 1 heterocycles. The Kier molecular flexibility index (Phi) is 7.14. The zero-order valence-corrected chi connectivity index (χ0v) is 28.3. The molecule has 0 N–H and O–H groups in total. The van der Waals surface area contributed by atoms with Gasteiger partial charge in [-0.2, -0.15) is 0 Å². The predicted molar refractivity (Wildman–Crippen MR) is 218 cm³/mol. The first-order chi connectivity index (χ1) is 25.8. The highest BCUT2D eigenvalue weighted by atomic mass is 16.3. The first-order valence-electron chi connectivity index (χ1n) is 17.6. The topological polar surface area (TPSA) is 29.3 Å². The van der Waals surface area contributed by atoms with E-state index >= 15 is 0 Å². The maximum absolute atomic E-state index is 6.22. The third-order valence-corrected chi connectivity index (χ3v) is 10.1. The van der Waals surface area contributed by atoms with Gasteiger partial charge in [-0.15, -0.1) is 0 Å². The van der Waals surface area contributed by atoms with Crippen LogP contribution in [0.1, 0.15) is 0 Å². The van der Waals surface area contributed by atoms with Crippen LogP contribution in [0.3, 0.4) is 0 Å². The number of oxazole rings is 1. The smallest absolute Gasteiger partial charge is 0.227 e. The standard InChI is InChI=1S/C49H32N2O/c1-3-12-33(13-4-1)41-18-9-10-20-46(41)51(39-29-24-36-26-30-43-40-17-8-7-14-34(40)25-31-44(43)45(36)32-39)38-27-22-35(23-28-38)42-19-11-21-47-48(42)50-49(52-47)37-15-5-2-6-16-37/h1-32H. The lowest BCUT2D eigenvalue weighted by molar-refractivity contribution is 0.620. The molecule has 0 saturated carbocycles. The number of fused-ring (bicyclic) bond motifs is 6. The van der Waals surface area contributed by atoms with Gasteiger partial charge in [-0.05, 0) is 92.0 Å². The van der Waals surface area contributed by atoms with E-state index < -0.39 is 0 Å². The summed E-state index contributed by atoms with van der Waals surface area (Å²) in [5.41, 5.74) is 10.3. The van der Waals surface area contributed by atoms with E-state index in [0.29, 0.717) is 5.89 Å². The van der Waals surface area contributed by atoms with Crippen molar-refractivity contribution in [1.82, 2.24) is 4.98 Å². The molecule has 10 aromatic rings. The maximum Gasteiger partial charge on any atom is 0.227 e. The quantitative estimate of drug-likeness (QED) is 0.166. The molecule has 9 aromatic carbocycles. The molecule has 0 aliphatic carbocycles. The van der Waals surface area contributed by atoms with Crippen LogP contribution in [0.5, 0.6) is 0 Å². The summed E-state index contributed by atoms with van der Waals surface area (Å²) in [7, 11) is 0. The Balaban J connectivity index is 1.14. The van der Waals surface area contributed by atoms with Crippen LogP contribution in [0.4, 0.5) is 17.1 Å². The van der Waals surface area contributed by atoms with Gasteiger partial charge in [0.05, 0.1) is 5.69 Å². The Bertz CT molecular complexity index is 2890. The zero-order chi connectivity index (χ0) is 34.4. The van der Waals surface area contributed by atoms with Gasteiger partial charge in [0.1, 0.15) is 5.52 Å². The van der Waals surface area contributed by atoms with Crippen LogP contribution in [0.15, 0.2) is 199 Å². The van der Waals surface area contributed by atoms with Crippen molar-refractivity contribution in [1.29, 1.82) is 0 Å². The zero-order valence-electron chi connectivity index (χ0n) is 28.3. The summed E-state index contributed by atoms with van der Waals surface area (Å²) in [6.07, 6.45) is 0. The molecular formula is C49H32N2O. The van der Waals surface area contributed by atoms with Gasteiger partial charge in [0.2, 0.25) is 5.89 Å². The molecule has 1 aromatic heterocycles. The van der Waals surface area contributed by atoms with Gasteiger partial charge in [-0.3, -0.25) is 0 Å². The molecule has 10 rings (SSSR count). The molecule has 0 saturated heterocycles. The first-order valence-corrected chi connectivity index (χ1v) is 17.6. The Labute approximate surface area is 301 Å². The number of nitrogens with zero attached hydrogens (tertiary/aromatic N) is 2. The highest BCUT2D eigenvalue weighted by Gasteiger charge is 2.19. The molecule has 0 unspecified atom stereocenters. The minimum Gasteiger partial charge on any atom is -0.436 e. The lowest BCUT2D eigenvalue weighted by atomic mass is 9.96. The molecule has 0 radical (unpaired) electrons. The molecule has 244 valence electrons. The van der Waals surface area contributed by atoms with Crippen LogP contribution in [-0.2, 0) is 0 Å². The minimum absolute atomic E-state index is 0.625. The lowest BCUT2D eigenvalue weighted by Gasteiger charge is -2.28. The highest BCUT2D eigenvalue weighted by molar-refractivity contribution is 6.18. The van der Waals surface area contributed by atoms with Gasteiger partial charge in [0.25, 0.3) is 0 Å². The molecule has 0 amide bonds. The fourth-order valence-electron chi connectivity index (χ4n) is 7.58. The third kappa shape index (κ3) is 5.10. The van der Waals surface area contributed by atoms with Crippen molar-refractivity contribution in [2.75, 3.05) is 4.90 Å². The summed E-state index contributed by atoms with van der Waals surface area (Å²) in [5.74, 6) is 0.625.